The van der Waals surface area contributed by atoms with E-state index in [9.17, 15) is 9.18 Å². The molecule has 0 spiro atoms. The molecule has 3 aromatic rings. The van der Waals surface area contributed by atoms with Crippen LogP contribution in [0.15, 0.2) is 42.5 Å². The number of aromatic nitrogens is 1. The van der Waals surface area contributed by atoms with Gasteiger partial charge in [-0.15, -0.1) is 0 Å². The van der Waals surface area contributed by atoms with Gasteiger partial charge >= 0.3 is 6.03 Å². The van der Waals surface area contributed by atoms with Gasteiger partial charge in [-0.05, 0) is 69.0 Å². The van der Waals surface area contributed by atoms with Crippen molar-refractivity contribution in [3.8, 4) is 0 Å². The number of piperidine rings is 1. The smallest absolute Gasteiger partial charge is 0.323 e. The summed E-state index contributed by atoms with van der Waals surface area (Å²) in [6, 6.07) is 12.2. The zero-order valence-corrected chi connectivity index (χ0v) is 16.8. The van der Waals surface area contributed by atoms with Gasteiger partial charge in [0.05, 0.1) is 0 Å². The SMILES string of the molecule is Cc1ccc(NC(=O)Nc2cc(F)c3nc(N4CCCCC4)ccc3c2)c(C)c1. The molecule has 1 aliphatic heterocycles. The lowest BCUT2D eigenvalue weighted by molar-refractivity contribution is 0.262. The normalized spacial score (nSPS) is 14.1. The zero-order valence-electron chi connectivity index (χ0n) is 16.8. The second-order valence-electron chi connectivity index (χ2n) is 7.64. The summed E-state index contributed by atoms with van der Waals surface area (Å²) in [5.41, 5.74) is 3.54. The van der Waals surface area contributed by atoms with Crippen LogP contribution in [-0.4, -0.2) is 24.1 Å². The van der Waals surface area contributed by atoms with E-state index >= 15 is 0 Å². The lowest BCUT2D eigenvalue weighted by Crippen LogP contribution is -2.30. The van der Waals surface area contributed by atoms with Crippen LogP contribution in [0.25, 0.3) is 10.9 Å². The predicted octanol–water partition coefficient (Wildman–Crippen LogP) is 5.63. The lowest BCUT2D eigenvalue weighted by Gasteiger charge is -2.27. The van der Waals surface area contributed by atoms with Crippen LogP contribution in [0.5, 0.6) is 0 Å². The third-order valence-corrected chi connectivity index (χ3v) is 5.30. The Kier molecular flexibility index (Phi) is 5.34. The number of carbonyl (C=O) groups is 1. The van der Waals surface area contributed by atoms with E-state index in [0.717, 1.165) is 48.6 Å². The van der Waals surface area contributed by atoms with E-state index < -0.39 is 11.8 Å². The Morgan fingerprint density at radius 2 is 1.79 bits per heavy atom. The van der Waals surface area contributed by atoms with Gasteiger partial charge in [0.25, 0.3) is 0 Å². The van der Waals surface area contributed by atoms with E-state index in [2.05, 4.69) is 20.5 Å². The number of anilines is 3. The molecule has 2 amide bonds. The molecule has 2 heterocycles. The Morgan fingerprint density at radius 1 is 1.00 bits per heavy atom. The topological polar surface area (TPSA) is 57.3 Å². The molecule has 6 heteroatoms. The van der Waals surface area contributed by atoms with Crippen LogP contribution in [0.2, 0.25) is 0 Å². The summed E-state index contributed by atoms with van der Waals surface area (Å²) in [5.74, 6) is 0.368. The van der Waals surface area contributed by atoms with E-state index in [1.54, 1.807) is 6.07 Å². The molecule has 0 atom stereocenters. The van der Waals surface area contributed by atoms with Gasteiger partial charge in [0.15, 0.2) is 5.82 Å². The molecule has 0 saturated carbocycles. The summed E-state index contributed by atoms with van der Waals surface area (Å²) in [6.07, 6.45) is 3.51. The maximum atomic E-state index is 14.7. The third-order valence-electron chi connectivity index (χ3n) is 5.30. The van der Waals surface area contributed by atoms with Crippen LogP contribution in [0, 0.1) is 19.7 Å². The highest BCUT2D eigenvalue weighted by molar-refractivity contribution is 6.01. The number of halogens is 1. The molecule has 0 unspecified atom stereocenters. The highest BCUT2D eigenvalue weighted by Gasteiger charge is 2.15. The van der Waals surface area contributed by atoms with Crippen molar-refractivity contribution in [1.29, 1.82) is 0 Å². The van der Waals surface area contributed by atoms with Crippen molar-refractivity contribution in [2.45, 2.75) is 33.1 Å². The van der Waals surface area contributed by atoms with Crippen LogP contribution < -0.4 is 15.5 Å². The maximum Gasteiger partial charge on any atom is 0.323 e. The zero-order chi connectivity index (χ0) is 20.4. The number of urea groups is 1. The largest absolute Gasteiger partial charge is 0.357 e. The van der Waals surface area contributed by atoms with Gasteiger partial charge in [-0.25, -0.2) is 14.2 Å². The Labute approximate surface area is 169 Å². The highest BCUT2D eigenvalue weighted by Crippen LogP contribution is 2.26. The van der Waals surface area contributed by atoms with Gasteiger partial charge in [0, 0.05) is 29.9 Å². The third kappa shape index (κ3) is 4.31. The number of rotatable bonds is 3. The first-order valence-corrected chi connectivity index (χ1v) is 10.00. The number of carbonyl (C=O) groups excluding carboxylic acids is 1. The molecule has 150 valence electrons. The van der Waals surface area contributed by atoms with E-state index in [4.69, 9.17) is 0 Å². The van der Waals surface area contributed by atoms with Crippen molar-refractivity contribution in [3.63, 3.8) is 0 Å². The van der Waals surface area contributed by atoms with Crippen molar-refractivity contribution in [2.24, 2.45) is 0 Å². The number of benzene rings is 2. The van der Waals surface area contributed by atoms with Gasteiger partial charge in [0.1, 0.15) is 11.3 Å². The summed E-state index contributed by atoms with van der Waals surface area (Å²) in [5, 5.41) is 6.19. The molecule has 1 aliphatic rings. The fourth-order valence-electron chi connectivity index (χ4n) is 3.79. The molecular formula is C23H25FN4O. The second kappa shape index (κ2) is 8.07. The van der Waals surface area contributed by atoms with E-state index in [-0.39, 0.29) is 0 Å². The van der Waals surface area contributed by atoms with Crippen molar-refractivity contribution in [1.82, 2.24) is 4.98 Å². The van der Waals surface area contributed by atoms with Crippen molar-refractivity contribution < 1.29 is 9.18 Å². The first-order valence-electron chi connectivity index (χ1n) is 10.00. The van der Waals surface area contributed by atoms with Crippen molar-refractivity contribution in [2.75, 3.05) is 28.6 Å². The molecule has 2 aromatic carbocycles. The Morgan fingerprint density at radius 3 is 2.55 bits per heavy atom. The van der Waals surface area contributed by atoms with Crippen molar-refractivity contribution in [3.05, 3.63) is 59.4 Å². The number of hydrogen-bond donors (Lipinski definition) is 2. The minimum atomic E-state index is -0.442. The molecule has 0 bridgehead atoms. The van der Waals surface area contributed by atoms with E-state index in [1.165, 1.54) is 12.5 Å². The minimum Gasteiger partial charge on any atom is -0.357 e. The van der Waals surface area contributed by atoms with Gasteiger partial charge in [-0.3, -0.25) is 0 Å². The first kappa shape index (κ1) is 19.2. The fourth-order valence-corrected chi connectivity index (χ4v) is 3.79. The van der Waals surface area contributed by atoms with Gasteiger partial charge < -0.3 is 15.5 Å². The van der Waals surface area contributed by atoms with Gasteiger partial charge in [-0.2, -0.15) is 0 Å². The number of hydrogen-bond acceptors (Lipinski definition) is 3. The van der Waals surface area contributed by atoms with E-state index in [1.807, 2.05) is 44.2 Å². The van der Waals surface area contributed by atoms with Crippen LogP contribution in [0.3, 0.4) is 0 Å². The molecular weight excluding hydrogens is 367 g/mol. The quantitative estimate of drug-likeness (QED) is 0.608. The first-order chi connectivity index (χ1) is 14.0. The molecule has 29 heavy (non-hydrogen) atoms. The van der Waals surface area contributed by atoms with Crippen LogP contribution in [0.4, 0.5) is 26.4 Å². The van der Waals surface area contributed by atoms with Crippen LogP contribution >= 0.6 is 0 Å². The Balaban J connectivity index is 1.52. The number of pyridine rings is 1. The minimum absolute atomic E-state index is 0.327. The monoisotopic (exact) mass is 392 g/mol. The van der Waals surface area contributed by atoms with E-state index in [0.29, 0.717) is 16.6 Å². The highest BCUT2D eigenvalue weighted by atomic mass is 19.1. The molecule has 0 radical (unpaired) electrons. The van der Waals surface area contributed by atoms with Crippen molar-refractivity contribution >= 4 is 34.1 Å². The molecule has 0 aliphatic carbocycles. The average Bonchev–Trinajstić information content (AvgIpc) is 2.70. The Bertz CT molecular complexity index is 1060. The summed E-state index contributed by atoms with van der Waals surface area (Å²) < 4.78 is 14.7. The standard InChI is InChI=1S/C23H25FN4O/c1-15-6-8-20(16(2)12-15)26-23(29)25-18-13-17-7-9-21(27-22(17)19(24)14-18)28-10-4-3-5-11-28/h6-9,12-14H,3-5,10-11H2,1-2H3,(H2,25,26,29). The van der Waals surface area contributed by atoms with Crippen LogP contribution in [0.1, 0.15) is 30.4 Å². The number of nitrogens with one attached hydrogen (secondary N) is 2. The maximum absolute atomic E-state index is 14.7. The number of fused-ring (bicyclic) bond motifs is 1. The predicted molar refractivity (Wildman–Crippen MR) is 116 cm³/mol. The summed E-state index contributed by atoms with van der Waals surface area (Å²) >= 11 is 0. The summed E-state index contributed by atoms with van der Waals surface area (Å²) in [6.45, 7) is 5.85. The number of aryl methyl sites for hydroxylation is 2. The van der Waals surface area contributed by atoms with Gasteiger partial charge in [0.2, 0.25) is 0 Å². The fraction of sp³-hybridized carbons (Fsp3) is 0.304. The summed E-state index contributed by atoms with van der Waals surface area (Å²) in [7, 11) is 0. The molecule has 5 nitrogen and oxygen atoms in total. The Hall–Kier alpha value is -3.15. The number of nitrogens with zero attached hydrogens (tertiary/aromatic N) is 2. The van der Waals surface area contributed by atoms with Crippen LogP contribution in [-0.2, 0) is 0 Å². The number of amides is 2. The lowest BCUT2D eigenvalue weighted by atomic mass is 10.1. The molecule has 1 saturated heterocycles. The molecule has 1 aromatic heterocycles. The second-order valence-corrected chi connectivity index (χ2v) is 7.64. The summed E-state index contributed by atoms with van der Waals surface area (Å²) in [4.78, 5) is 19.1. The van der Waals surface area contributed by atoms with Gasteiger partial charge in [-0.1, -0.05) is 17.7 Å². The molecule has 2 N–H and O–H groups in total. The molecule has 4 rings (SSSR count). The average molecular weight is 392 g/mol. The molecule has 1 fully saturated rings.